The standard InChI is InChI=1S/C20H23BrO3/c1-12(2)17-7-6-13(3)8-18(17)23-11-19(22)24-20-14(4)9-16(21)10-15(20)5/h6-10,12H,11H2,1-5H3. The number of halogens is 1. The van der Waals surface area contributed by atoms with Gasteiger partial charge >= 0.3 is 5.97 Å². The molecule has 0 N–H and O–H groups in total. The predicted molar refractivity (Wildman–Crippen MR) is 100 cm³/mol. The Bertz CT molecular complexity index is 728. The summed E-state index contributed by atoms with van der Waals surface area (Å²) in [5.74, 6) is 1.26. The molecule has 0 saturated heterocycles. The highest BCUT2D eigenvalue weighted by Gasteiger charge is 2.14. The summed E-state index contributed by atoms with van der Waals surface area (Å²) < 4.78 is 12.2. The molecule has 0 unspecified atom stereocenters. The van der Waals surface area contributed by atoms with Crippen molar-refractivity contribution in [3.05, 3.63) is 57.1 Å². The topological polar surface area (TPSA) is 35.5 Å². The van der Waals surface area contributed by atoms with E-state index in [1.54, 1.807) is 0 Å². The smallest absolute Gasteiger partial charge is 0.349 e. The molecule has 2 aromatic carbocycles. The van der Waals surface area contributed by atoms with Gasteiger partial charge in [0.15, 0.2) is 6.61 Å². The van der Waals surface area contributed by atoms with Gasteiger partial charge in [0.25, 0.3) is 0 Å². The van der Waals surface area contributed by atoms with Crippen LogP contribution in [0.5, 0.6) is 11.5 Å². The van der Waals surface area contributed by atoms with E-state index in [1.807, 2.05) is 45.0 Å². The van der Waals surface area contributed by atoms with Crippen LogP contribution in [0.1, 0.15) is 42.0 Å². The SMILES string of the molecule is Cc1ccc(C(C)C)c(OCC(=O)Oc2c(C)cc(Br)cc2C)c1. The number of rotatable bonds is 5. The van der Waals surface area contributed by atoms with Gasteiger partial charge in [0.1, 0.15) is 11.5 Å². The van der Waals surface area contributed by atoms with Gasteiger partial charge in [-0.25, -0.2) is 4.79 Å². The average Bonchev–Trinajstić information content (AvgIpc) is 2.48. The van der Waals surface area contributed by atoms with Crippen LogP contribution in [0, 0.1) is 20.8 Å². The molecule has 4 heteroatoms. The molecule has 0 amide bonds. The van der Waals surface area contributed by atoms with Crippen molar-refractivity contribution in [2.45, 2.75) is 40.5 Å². The molecule has 0 radical (unpaired) electrons. The molecule has 2 aromatic rings. The lowest BCUT2D eigenvalue weighted by molar-refractivity contribution is -0.136. The van der Waals surface area contributed by atoms with E-state index in [1.165, 1.54) is 0 Å². The van der Waals surface area contributed by atoms with E-state index >= 15 is 0 Å². The maximum absolute atomic E-state index is 12.2. The van der Waals surface area contributed by atoms with Crippen molar-refractivity contribution in [1.82, 2.24) is 0 Å². The number of esters is 1. The Morgan fingerprint density at radius 1 is 1.08 bits per heavy atom. The predicted octanol–water partition coefficient (Wildman–Crippen LogP) is 5.48. The quantitative estimate of drug-likeness (QED) is 0.500. The first kappa shape index (κ1) is 18.5. The first-order chi connectivity index (χ1) is 11.3. The third kappa shape index (κ3) is 4.60. The average molecular weight is 391 g/mol. The third-order valence-electron chi connectivity index (χ3n) is 3.78. The van der Waals surface area contributed by atoms with Crippen molar-refractivity contribution < 1.29 is 14.3 Å². The Morgan fingerprint density at radius 3 is 2.29 bits per heavy atom. The normalized spacial score (nSPS) is 10.8. The van der Waals surface area contributed by atoms with Gasteiger partial charge in [-0.2, -0.15) is 0 Å². The van der Waals surface area contributed by atoms with Gasteiger partial charge in [-0.05, 0) is 67.1 Å². The highest BCUT2D eigenvalue weighted by Crippen LogP contribution is 2.29. The molecule has 0 aliphatic carbocycles. The summed E-state index contributed by atoms with van der Waals surface area (Å²) in [6, 6.07) is 9.90. The van der Waals surface area contributed by atoms with Crippen molar-refractivity contribution in [2.24, 2.45) is 0 Å². The Hall–Kier alpha value is -1.81. The van der Waals surface area contributed by atoms with Crippen LogP contribution in [0.2, 0.25) is 0 Å². The van der Waals surface area contributed by atoms with Crippen LogP contribution in [0.15, 0.2) is 34.8 Å². The lowest BCUT2D eigenvalue weighted by Gasteiger charge is -2.15. The number of benzene rings is 2. The third-order valence-corrected chi connectivity index (χ3v) is 4.24. The van der Waals surface area contributed by atoms with Gasteiger partial charge in [-0.3, -0.25) is 0 Å². The molecule has 0 saturated carbocycles. The van der Waals surface area contributed by atoms with Gasteiger partial charge in [0.2, 0.25) is 0 Å². The van der Waals surface area contributed by atoms with Crippen LogP contribution >= 0.6 is 15.9 Å². The zero-order chi connectivity index (χ0) is 17.9. The molecule has 0 aromatic heterocycles. The second kappa shape index (κ2) is 7.84. The molecule has 0 atom stereocenters. The first-order valence-electron chi connectivity index (χ1n) is 7.98. The Labute approximate surface area is 152 Å². The maximum atomic E-state index is 12.2. The largest absolute Gasteiger partial charge is 0.482 e. The summed E-state index contributed by atoms with van der Waals surface area (Å²) in [7, 11) is 0. The monoisotopic (exact) mass is 390 g/mol. The van der Waals surface area contributed by atoms with E-state index in [9.17, 15) is 4.79 Å². The van der Waals surface area contributed by atoms with Gasteiger partial charge in [0, 0.05) is 4.47 Å². The molecule has 0 aliphatic rings. The minimum Gasteiger partial charge on any atom is -0.482 e. The van der Waals surface area contributed by atoms with E-state index in [0.717, 1.165) is 32.5 Å². The molecule has 0 bridgehead atoms. The Kier molecular flexibility index (Phi) is 6.05. The fraction of sp³-hybridized carbons (Fsp3) is 0.350. The van der Waals surface area contributed by atoms with Crippen molar-refractivity contribution in [2.75, 3.05) is 6.61 Å². The summed E-state index contributed by atoms with van der Waals surface area (Å²) in [6.45, 7) is 9.92. The summed E-state index contributed by atoms with van der Waals surface area (Å²) >= 11 is 3.44. The molecule has 0 spiro atoms. The van der Waals surface area contributed by atoms with Crippen LogP contribution in [0.25, 0.3) is 0 Å². The van der Waals surface area contributed by atoms with Crippen LogP contribution in [-0.4, -0.2) is 12.6 Å². The van der Waals surface area contributed by atoms with Gasteiger partial charge in [0.05, 0.1) is 0 Å². The van der Waals surface area contributed by atoms with Crippen LogP contribution in [-0.2, 0) is 4.79 Å². The van der Waals surface area contributed by atoms with E-state index in [4.69, 9.17) is 9.47 Å². The summed E-state index contributed by atoms with van der Waals surface area (Å²) in [5, 5.41) is 0. The maximum Gasteiger partial charge on any atom is 0.349 e. The molecule has 24 heavy (non-hydrogen) atoms. The fourth-order valence-electron chi connectivity index (χ4n) is 2.58. The van der Waals surface area contributed by atoms with Gasteiger partial charge < -0.3 is 9.47 Å². The lowest BCUT2D eigenvalue weighted by atomic mass is 10.0. The van der Waals surface area contributed by atoms with E-state index in [0.29, 0.717) is 11.7 Å². The summed E-state index contributed by atoms with van der Waals surface area (Å²) in [5.41, 5.74) is 4.01. The highest BCUT2D eigenvalue weighted by molar-refractivity contribution is 9.10. The molecular formula is C20H23BrO3. The van der Waals surface area contributed by atoms with Crippen LogP contribution < -0.4 is 9.47 Å². The zero-order valence-electron chi connectivity index (χ0n) is 14.8. The van der Waals surface area contributed by atoms with Crippen molar-refractivity contribution in [1.29, 1.82) is 0 Å². The molecule has 0 fully saturated rings. The minimum absolute atomic E-state index is 0.113. The number of aryl methyl sites for hydroxylation is 3. The highest BCUT2D eigenvalue weighted by atomic mass is 79.9. The molecule has 0 heterocycles. The number of hydrogen-bond acceptors (Lipinski definition) is 3. The first-order valence-corrected chi connectivity index (χ1v) is 8.78. The van der Waals surface area contributed by atoms with Gasteiger partial charge in [-0.1, -0.05) is 41.9 Å². The molecular weight excluding hydrogens is 368 g/mol. The second-order valence-electron chi connectivity index (χ2n) is 6.33. The summed E-state index contributed by atoms with van der Waals surface area (Å²) in [6.07, 6.45) is 0. The number of hydrogen-bond donors (Lipinski definition) is 0. The van der Waals surface area contributed by atoms with Crippen molar-refractivity contribution in [3.8, 4) is 11.5 Å². The molecule has 0 aliphatic heterocycles. The van der Waals surface area contributed by atoms with Crippen molar-refractivity contribution >= 4 is 21.9 Å². The van der Waals surface area contributed by atoms with E-state index in [-0.39, 0.29) is 6.61 Å². The Morgan fingerprint density at radius 2 is 1.71 bits per heavy atom. The number of carbonyl (C=O) groups excluding carboxylic acids is 1. The zero-order valence-corrected chi connectivity index (χ0v) is 16.4. The van der Waals surface area contributed by atoms with Crippen molar-refractivity contribution in [3.63, 3.8) is 0 Å². The van der Waals surface area contributed by atoms with E-state index < -0.39 is 5.97 Å². The second-order valence-corrected chi connectivity index (χ2v) is 7.24. The van der Waals surface area contributed by atoms with Crippen LogP contribution in [0.4, 0.5) is 0 Å². The number of ether oxygens (including phenoxy) is 2. The minimum atomic E-state index is -0.403. The fourth-order valence-corrected chi connectivity index (χ4v) is 3.27. The number of carbonyl (C=O) groups is 1. The molecule has 2 rings (SSSR count). The van der Waals surface area contributed by atoms with E-state index in [2.05, 4.69) is 35.8 Å². The Balaban J connectivity index is 2.08. The van der Waals surface area contributed by atoms with Crippen LogP contribution in [0.3, 0.4) is 0 Å². The van der Waals surface area contributed by atoms with Gasteiger partial charge in [-0.15, -0.1) is 0 Å². The lowest BCUT2D eigenvalue weighted by Crippen LogP contribution is -2.19. The molecule has 3 nitrogen and oxygen atoms in total. The molecule has 128 valence electrons. The summed E-state index contributed by atoms with van der Waals surface area (Å²) in [4.78, 5) is 12.2.